The number of carbonyl (C=O) groups is 1. The van der Waals surface area contributed by atoms with E-state index in [1.54, 1.807) is 6.08 Å². The van der Waals surface area contributed by atoms with Crippen LogP contribution in [0.5, 0.6) is 0 Å². The molecule has 1 aliphatic rings. The van der Waals surface area contributed by atoms with Gasteiger partial charge in [0.15, 0.2) is 0 Å². The first-order valence-electron chi connectivity index (χ1n) is 3.98. The summed E-state index contributed by atoms with van der Waals surface area (Å²) in [5.41, 5.74) is 6.46. The van der Waals surface area contributed by atoms with E-state index in [4.69, 9.17) is 10.8 Å². The number of aliphatic hydroxyl groups excluding tert-OH is 1. The van der Waals surface area contributed by atoms with E-state index >= 15 is 0 Å². The van der Waals surface area contributed by atoms with Gasteiger partial charge in [0.05, 0.1) is 12.1 Å². The molecule has 0 aliphatic heterocycles. The van der Waals surface area contributed by atoms with Gasteiger partial charge in [0.25, 0.3) is 0 Å². The summed E-state index contributed by atoms with van der Waals surface area (Å²) in [4.78, 5) is 10.2. The maximum Gasteiger partial charge on any atom is 0.137 e. The van der Waals surface area contributed by atoms with Crippen molar-refractivity contribution in [3.05, 3.63) is 23.8 Å². The number of rotatable bonds is 3. The van der Waals surface area contributed by atoms with Gasteiger partial charge in [-0.25, -0.2) is 0 Å². The number of hydrogen-bond donors (Lipinski definition) is 2. The molecule has 3 nitrogen and oxygen atoms in total. The van der Waals surface area contributed by atoms with Crippen molar-refractivity contribution in [1.82, 2.24) is 0 Å². The van der Waals surface area contributed by atoms with Gasteiger partial charge in [-0.3, -0.25) is 0 Å². The van der Waals surface area contributed by atoms with Crippen LogP contribution in [0.2, 0.25) is 0 Å². The number of nitrogens with two attached hydrogens (primary N) is 1. The van der Waals surface area contributed by atoms with E-state index in [1.165, 1.54) is 0 Å². The van der Waals surface area contributed by atoms with Gasteiger partial charge in [-0.2, -0.15) is 0 Å². The number of aliphatic hydroxyl groups is 1. The monoisotopic (exact) mass is 167 g/mol. The Bertz CT molecular complexity index is 221. The second-order valence-corrected chi connectivity index (χ2v) is 2.95. The lowest BCUT2D eigenvalue weighted by molar-refractivity contribution is -0.108. The van der Waals surface area contributed by atoms with Crippen LogP contribution in [0.1, 0.15) is 12.8 Å². The molecule has 0 heterocycles. The Hall–Kier alpha value is -0.930. The molecule has 0 fully saturated rings. The zero-order chi connectivity index (χ0) is 8.97. The molecule has 0 bridgehead atoms. The fourth-order valence-electron chi connectivity index (χ4n) is 1.13. The van der Waals surface area contributed by atoms with Crippen molar-refractivity contribution in [1.29, 1.82) is 0 Å². The van der Waals surface area contributed by atoms with E-state index in [0.717, 1.165) is 11.9 Å². The SMILES string of the molecule is NC(C=O)CC1=CCC(O)C=C1. The van der Waals surface area contributed by atoms with Gasteiger partial charge >= 0.3 is 0 Å². The van der Waals surface area contributed by atoms with Crippen LogP contribution >= 0.6 is 0 Å². The molecule has 66 valence electrons. The minimum Gasteiger partial charge on any atom is -0.389 e. The molecular weight excluding hydrogens is 154 g/mol. The number of hydrogen-bond acceptors (Lipinski definition) is 3. The fourth-order valence-corrected chi connectivity index (χ4v) is 1.13. The van der Waals surface area contributed by atoms with Crippen molar-refractivity contribution in [2.75, 3.05) is 0 Å². The van der Waals surface area contributed by atoms with Gasteiger partial charge in [-0.15, -0.1) is 0 Å². The smallest absolute Gasteiger partial charge is 0.137 e. The largest absolute Gasteiger partial charge is 0.389 e. The lowest BCUT2D eigenvalue weighted by atomic mass is 10.00. The Labute approximate surface area is 71.6 Å². The Kier molecular flexibility index (Phi) is 3.19. The van der Waals surface area contributed by atoms with Crippen LogP contribution in [0.15, 0.2) is 23.8 Å². The molecule has 1 rings (SSSR count). The third-order valence-electron chi connectivity index (χ3n) is 1.80. The summed E-state index contributed by atoms with van der Waals surface area (Å²) in [6, 6.07) is -0.420. The van der Waals surface area contributed by atoms with Gasteiger partial charge in [-0.05, 0) is 12.8 Å². The van der Waals surface area contributed by atoms with Crippen LogP contribution in [-0.2, 0) is 4.79 Å². The highest BCUT2D eigenvalue weighted by molar-refractivity contribution is 5.58. The van der Waals surface area contributed by atoms with Gasteiger partial charge in [0.2, 0.25) is 0 Å². The van der Waals surface area contributed by atoms with Crippen molar-refractivity contribution in [2.45, 2.75) is 25.0 Å². The highest BCUT2D eigenvalue weighted by Crippen LogP contribution is 2.13. The van der Waals surface area contributed by atoms with E-state index in [-0.39, 0.29) is 6.10 Å². The van der Waals surface area contributed by atoms with E-state index in [2.05, 4.69) is 0 Å². The molecule has 0 aromatic heterocycles. The van der Waals surface area contributed by atoms with Crippen LogP contribution in [0.4, 0.5) is 0 Å². The van der Waals surface area contributed by atoms with Crippen molar-refractivity contribution in [3.8, 4) is 0 Å². The molecule has 1 aliphatic carbocycles. The second kappa shape index (κ2) is 4.18. The highest BCUT2D eigenvalue weighted by atomic mass is 16.3. The quantitative estimate of drug-likeness (QED) is 0.588. The van der Waals surface area contributed by atoms with Crippen LogP contribution in [0.25, 0.3) is 0 Å². The van der Waals surface area contributed by atoms with Gasteiger partial charge in [0, 0.05) is 0 Å². The van der Waals surface area contributed by atoms with Gasteiger partial charge in [0.1, 0.15) is 6.29 Å². The normalized spacial score (nSPS) is 24.8. The Morgan fingerprint density at radius 2 is 2.58 bits per heavy atom. The minimum atomic E-state index is -0.420. The molecule has 2 atom stereocenters. The van der Waals surface area contributed by atoms with Crippen LogP contribution < -0.4 is 5.73 Å². The topological polar surface area (TPSA) is 63.3 Å². The maximum atomic E-state index is 10.2. The summed E-state index contributed by atoms with van der Waals surface area (Å²) in [6.07, 6.45) is 6.99. The molecule has 0 aromatic rings. The van der Waals surface area contributed by atoms with Crippen molar-refractivity contribution in [3.63, 3.8) is 0 Å². The van der Waals surface area contributed by atoms with E-state index in [0.29, 0.717) is 12.8 Å². The zero-order valence-electron chi connectivity index (χ0n) is 6.81. The summed E-state index contributed by atoms with van der Waals surface area (Å²) in [7, 11) is 0. The van der Waals surface area contributed by atoms with Crippen LogP contribution in [-0.4, -0.2) is 23.5 Å². The third kappa shape index (κ3) is 2.60. The lowest BCUT2D eigenvalue weighted by Gasteiger charge is -2.11. The standard InChI is InChI=1S/C9H13NO2/c10-8(6-11)5-7-1-3-9(12)4-2-7/h1-3,6,8-9,12H,4-5,10H2. The summed E-state index contributed by atoms with van der Waals surface area (Å²) < 4.78 is 0. The molecule has 12 heavy (non-hydrogen) atoms. The zero-order valence-corrected chi connectivity index (χ0v) is 6.81. The van der Waals surface area contributed by atoms with Crippen LogP contribution in [0, 0.1) is 0 Å². The average Bonchev–Trinajstić information content (AvgIpc) is 2.09. The average molecular weight is 167 g/mol. The molecule has 0 amide bonds. The Balaban J connectivity index is 2.45. The van der Waals surface area contributed by atoms with Gasteiger partial charge < -0.3 is 15.6 Å². The van der Waals surface area contributed by atoms with Crippen molar-refractivity contribution < 1.29 is 9.90 Å². The molecule has 3 N–H and O–H groups in total. The summed E-state index contributed by atoms with van der Waals surface area (Å²) in [5, 5.41) is 9.09. The molecule has 2 unspecified atom stereocenters. The first-order chi connectivity index (χ1) is 5.72. The Morgan fingerprint density at radius 1 is 1.83 bits per heavy atom. The first-order valence-corrected chi connectivity index (χ1v) is 3.98. The molecular formula is C9H13NO2. The van der Waals surface area contributed by atoms with E-state index < -0.39 is 6.04 Å². The maximum absolute atomic E-state index is 10.2. The molecule has 0 saturated heterocycles. The minimum absolute atomic E-state index is 0.374. The van der Waals surface area contributed by atoms with Crippen molar-refractivity contribution in [2.24, 2.45) is 5.73 Å². The summed E-state index contributed by atoms with van der Waals surface area (Å²) in [5.74, 6) is 0. The fraction of sp³-hybridized carbons (Fsp3) is 0.444. The summed E-state index contributed by atoms with van der Waals surface area (Å²) in [6.45, 7) is 0. The number of aldehydes is 1. The molecule has 3 heteroatoms. The van der Waals surface area contributed by atoms with E-state index in [9.17, 15) is 4.79 Å². The molecule has 0 radical (unpaired) electrons. The predicted molar refractivity (Wildman–Crippen MR) is 46.5 cm³/mol. The van der Waals surface area contributed by atoms with Crippen LogP contribution in [0.3, 0.4) is 0 Å². The summed E-state index contributed by atoms with van der Waals surface area (Å²) >= 11 is 0. The predicted octanol–water partition coefficient (Wildman–Crippen LogP) is 0.150. The number of carbonyl (C=O) groups excluding carboxylic acids is 1. The lowest BCUT2D eigenvalue weighted by Crippen LogP contribution is -2.22. The second-order valence-electron chi connectivity index (χ2n) is 2.95. The molecule has 0 aromatic carbocycles. The molecule has 0 saturated carbocycles. The number of allylic oxidation sites excluding steroid dienone is 1. The van der Waals surface area contributed by atoms with E-state index in [1.807, 2.05) is 12.2 Å². The van der Waals surface area contributed by atoms with Gasteiger partial charge in [-0.1, -0.05) is 23.8 Å². The Morgan fingerprint density at radius 3 is 3.08 bits per heavy atom. The molecule has 0 spiro atoms. The third-order valence-corrected chi connectivity index (χ3v) is 1.80. The highest BCUT2D eigenvalue weighted by Gasteiger charge is 2.07. The van der Waals surface area contributed by atoms with Crippen molar-refractivity contribution >= 4 is 6.29 Å². The first kappa shape index (κ1) is 9.16.